The van der Waals surface area contributed by atoms with Gasteiger partial charge in [0.05, 0.1) is 23.3 Å². The monoisotopic (exact) mass is 427 g/mol. The van der Waals surface area contributed by atoms with Gasteiger partial charge in [0.1, 0.15) is 16.0 Å². The summed E-state index contributed by atoms with van der Waals surface area (Å²) in [6.45, 7) is 4.98. The first-order chi connectivity index (χ1) is 12.7. The fourth-order valence-electron chi connectivity index (χ4n) is 2.39. The second kappa shape index (κ2) is 7.10. The lowest BCUT2D eigenvalue weighted by molar-refractivity contribution is 0.0407. The molecule has 0 unspecified atom stereocenters. The van der Waals surface area contributed by atoms with Crippen LogP contribution in [-0.4, -0.2) is 37.3 Å². The van der Waals surface area contributed by atoms with Crippen molar-refractivity contribution in [1.82, 2.24) is 19.9 Å². The normalized spacial score (nSPS) is 12.6. The van der Waals surface area contributed by atoms with E-state index in [-0.39, 0.29) is 11.6 Å². The largest absolute Gasteiger partial charge is 0.388 e. The van der Waals surface area contributed by atoms with Crippen molar-refractivity contribution in [1.29, 1.82) is 5.26 Å². The van der Waals surface area contributed by atoms with Gasteiger partial charge in [-0.15, -0.1) is 0 Å². The number of carbonyl (C=O) groups excluding carboxylic acids is 1. The predicted octanol–water partition coefficient (Wildman–Crippen LogP) is 2.92. The Kier molecular flexibility index (Phi) is 5.00. The number of hydrogen-bond acceptors (Lipinski definition) is 5. The summed E-state index contributed by atoms with van der Waals surface area (Å²) in [6, 6.07) is 12.0. The Labute approximate surface area is 164 Å². The molecule has 2 aromatic heterocycles. The molecule has 0 radical (unpaired) electrons. The van der Waals surface area contributed by atoms with Gasteiger partial charge in [0, 0.05) is 5.56 Å². The van der Waals surface area contributed by atoms with Crippen LogP contribution < -0.4 is 5.32 Å². The second-order valence-corrected chi connectivity index (χ2v) is 7.53. The molecule has 0 fully saturated rings. The van der Waals surface area contributed by atoms with Crippen LogP contribution in [0.4, 0.5) is 0 Å². The molecule has 0 saturated heterocycles. The van der Waals surface area contributed by atoms with Crippen molar-refractivity contribution < 1.29 is 9.90 Å². The number of nitriles is 1. The molecule has 1 atom stereocenters. The summed E-state index contributed by atoms with van der Waals surface area (Å²) in [7, 11) is 0. The quantitative estimate of drug-likeness (QED) is 0.665. The maximum atomic E-state index is 12.4. The first kappa shape index (κ1) is 19.0. The van der Waals surface area contributed by atoms with Gasteiger partial charge in [-0.05, 0) is 61.0 Å². The highest BCUT2D eigenvalue weighted by Crippen LogP contribution is 2.28. The summed E-state index contributed by atoms with van der Waals surface area (Å²) in [5.74, 6) is -0.389. The van der Waals surface area contributed by atoms with Crippen molar-refractivity contribution in [3.05, 3.63) is 52.3 Å². The van der Waals surface area contributed by atoms with Gasteiger partial charge in [0.25, 0.3) is 5.91 Å². The molecule has 3 rings (SSSR count). The van der Waals surface area contributed by atoms with E-state index in [0.717, 1.165) is 5.56 Å². The highest BCUT2D eigenvalue weighted by molar-refractivity contribution is 9.10. The number of imidazole rings is 1. The van der Waals surface area contributed by atoms with E-state index >= 15 is 0 Å². The van der Waals surface area contributed by atoms with E-state index in [4.69, 9.17) is 5.26 Å². The number of benzene rings is 1. The van der Waals surface area contributed by atoms with E-state index in [1.165, 1.54) is 4.52 Å². The zero-order valence-electron chi connectivity index (χ0n) is 15.1. The first-order valence-corrected chi connectivity index (χ1v) is 9.09. The molecule has 1 amide bonds. The van der Waals surface area contributed by atoms with Gasteiger partial charge >= 0.3 is 0 Å². The number of rotatable bonds is 4. The topological polar surface area (TPSA) is 103 Å². The molecule has 27 heavy (non-hydrogen) atoms. The minimum Gasteiger partial charge on any atom is -0.388 e. The molecule has 0 spiro atoms. The van der Waals surface area contributed by atoms with Gasteiger partial charge in [-0.2, -0.15) is 10.4 Å². The van der Waals surface area contributed by atoms with Crippen molar-refractivity contribution in [3.8, 4) is 17.3 Å². The highest BCUT2D eigenvalue weighted by atomic mass is 79.9. The summed E-state index contributed by atoms with van der Waals surface area (Å²) in [5, 5.41) is 26.2. The Bertz CT molecular complexity index is 1060. The van der Waals surface area contributed by atoms with Gasteiger partial charge in [-0.25, -0.2) is 9.50 Å². The summed E-state index contributed by atoms with van der Waals surface area (Å²) < 4.78 is 2.11. The van der Waals surface area contributed by atoms with Crippen LogP contribution in [0, 0.1) is 11.3 Å². The Morgan fingerprint density at radius 1 is 1.37 bits per heavy atom. The Morgan fingerprint density at radius 2 is 2.11 bits per heavy atom. The molecule has 3 aromatic rings. The van der Waals surface area contributed by atoms with Gasteiger partial charge in [-0.1, -0.05) is 12.1 Å². The van der Waals surface area contributed by atoms with E-state index in [0.29, 0.717) is 21.5 Å². The van der Waals surface area contributed by atoms with Gasteiger partial charge < -0.3 is 10.4 Å². The lowest BCUT2D eigenvalue weighted by Crippen LogP contribution is -2.47. The number of nitrogens with one attached hydrogen (secondary N) is 1. The summed E-state index contributed by atoms with van der Waals surface area (Å²) in [4.78, 5) is 17.0. The van der Waals surface area contributed by atoms with E-state index < -0.39 is 11.6 Å². The summed E-state index contributed by atoms with van der Waals surface area (Å²) >= 11 is 3.48. The minimum atomic E-state index is -1.05. The number of halogens is 1. The Balaban J connectivity index is 1.98. The average molecular weight is 428 g/mol. The van der Waals surface area contributed by atoms with E-state index in [1.807, 2.05) is 6.07 Å². The van der Waals surface area contributed by atoms with Crippen LogP contribution >= 0.6 is 15.9 Å². The number of aliphatic hydroxyl groups is 1. The zero-order valence-corrected chi connectivity index (χ0v) is 16.6. The number of fused-ring (bicyclic) bond motifs is 1. The lowest BCUT2D eigenvalue weighted by atomic mass is 10.0. The molecule has 0 aliphatic carbocycles. The third-order valence-corrected chi connectivity index (χ3v) is 5.04. The number of amides is 1. The maximum Gasteiger partial charge on any atom is 0.272 e. The number of carbonyl (C=O) groups is 1. The Hall–Kier alpha value is -2.76. The predicted molar refractivity (Wildman–Crippen MR) is 104 cm³/mol. The van der Waals surface area contributed by atoms with Crippen LogP contribution in [0.2, 0.25) is 0 Å². The molecule has 1 aromatic carbocycles. The molecule has 0 aliphatic rings. The molecular weight excluding hydrogens is 410 g/mol. The van der Waals surface area contributed by atoms with Crippen LogP contribution in [0.15, 0.2) is 41.0 Å². The molecular formula is C19H18BrN5O2. The number of hydrogen-bond donors (Lipinski definition) is 2. The Morgan fingerprint density at radius 3 is 2.78 bits per heavy atom. The molecule has 0 aliphatic heterocycles. The van der Waals surface area contributed by atoms with Crippen molar-refractivity contribution >= 4 is 27.5 Å². The van der Waals surface area contributed by atoms with E-state index in [2.05, 4.69) is 37.4 Å². The summed E-state index contributed by atoms with van der Waals surface area (Å²) in [5.41, 5.74) is 1.65. The zero-order chi connectivity index (χ0) is 19.8. The molecule has 7 nitrogen and oxygen atoms in total. The molecule has 2 N–H and O–H groups in total. The SMILES string of the molecule is C[C@H](NC(=O)c1ccc2nc(-c3cccc(C#N)c3)c(Br)n2n1)C(C)(C)O. The van der Waals surface area contributed by atoms with Crippen LogP contribution in [0.5, 0.6) is 0 Å². The fourth-order valence-corrected chi connectivity index (χ4v) is 2.97. The molecule has 138 valence electrons. The van der Waals surface area contributed by atoms with Crippen molar-refractivity contribution in [3.63, 3.8) is 0 Å². The first-order valence-electron chi connectivity index (χ1n) is 8.30. The van der Waals surface area contributed by atoms with Crippen molar-refractivity contribution in [2.45, 2.75) is 32.4 Å². The molecule has 8 heteroatoms. The fraction of sp³-hybridized carbons (Fsp3) is 0.263. The number of nitrogens with zero attached hydrogens (tertiary/aromatic N) is 4. The van der Waals surface area contributed by atoms with Crippen molar-refractivity contribution in [2.75, 3.05) is 0 Å². The maximum absolute atomic E-state index is 12.4. The van der Waals surface area contributed by atoms with Crippen LogP contribution in [0.1, 0.15) is 36.8 Å². The third kappa shape index (κ3) is 3.84. The standard InChI is InChI=1S/C19H18BrN5O2/c1-11(19(2,3)27)22-18(26)14-7-8-15-23-16(17(20)25(15)24-14)13-6-4-5-12(9-13)10-21/h4-9,11,27H,1-3H3,(H,22,26)/t11-/m0/s1. The highest BCUT2D eigenvalue weighted by Gasteiger charge is 2.25. The van der Waals surface area contributed by atoms with Crippen molar-refractivity contribution in [2.24, 2.45) is 0 Å². The summed E-state index contributed by atoms with van der Waals surface area (Å²) in [6.07, 6.45) is 0. The third-order valence-electron chi connectivity index (χ3n) is 4.33. The second-order valence-electron chi connectivity index (χ2n) is 6.78. The van der Waals surface area contributed by atoms with Gasteiger partial charge in [0.15, 0.2) is 5.65 Å². The van der Waals surface area contributed by atoms with E-state index in [1.54, 1.807) is 51.1 Å². The van der Waals surface area contributed by atoms with Crippen LogP contribution in [0.25, 0.3) is 16.9 Å². The smallest absolute Gasteiger partial charge is 0.272 e. The van der Waals surface area contributed by atoms with Gasteiger partial charge in [0.2, 0.25) is 0 Å². The number of aromatic nitrogens is 3. The van der Waals surface area contributed by atoms with Crippen LogP contribution in [-0.2, 0) is 0 Å². The molecule has 0 bridgehead atoms. The molecule has 2 heterocycles. The van der Waals surface area contributed by atoms with Gasteiger partial charge in [-0.3, -0.25) is 4.79 Å². The van der Waals surface area contributed by atoms with Crippen LogP contribution in [0.3, 0.4) is 0 Å². The molecule has 0 saturated carbocycles. The van der Waals surface area contributed by atoms with E-state index in [9.17, 15) is 9.90 Å². The minimum absolute atomic E-state index is 0.203. The lowest BCUT2D eigenvalue weighted by Gasteiger charge is -2.26. The average Bonchev–Trinajstić information content (AvgIpc) is 2.97.